The Hall–Kier alpha value is -3.29. The van der Waals surface area contributed by atoms with Crippen LogP contribution in [0.5, 0.6) is 0 Å². The Labute approximate surface area is 172 Å². The van der Waals surface area contributed by atoms with Crippen LogP contribution in [0.3, 0.4) is 0 Å². The molecule has 3 aromatic rings. The molecule has 0 spiro atoms. The molecule has 1 N–H and O–H groups in total. The first-order valence-corrected chi connectivity index (χ1v) is 9.52. The number of benzene rings is 2. The lowest BCUT2D eigenvalue weighted by molar-refractivity contribution is 0.0528. The van der Waals surface area contributed by atoms with Gasteiger partial charge >= 0.3 is 6.09 Å². The quantitative estimate of drug-likeness (QED) is 0.671. The number of amides is 1. The number of ether oxygens (including phenoxy) is 1. The lowest BCUT2D eigenvalue weighted by Gasteiger charge is -2.20. The molecular formula is C22H23F2N3O3. The van der Waals surface area contributed by atoms with Crippen LogP contribution in [0.15, 0.2) is 53.3 Å². The number of halogens is 2. The van der Waals surface area contributed by atoms with E-state index in [1.54, 1.807) is 45.0 Å². The summed E-state index contributed by atoms with van der Waals surface area (Å²) in [6.07, 6.45) is -3.22. The standard InChI is InChI=1S/C22H23F2N3O3/c1-22(2,3)30-21(29)25-13-12-17-26-18-15(19(23)24)10-7-11-16(18)20(28)27(17)14-8-5-4-6-9-14/h4-11,19H,12-13H2,1-3H3,(H,25,29). The molecule has 158 valence electrons. The van der Waals surface area contributed by atoms with Gasteiger partial charge < -0.3 is 10.1 Å². The highest BCUT2D eigenvalue weighted by Gasteiger charge is 2.19. The number of alkyl carbamates (subject to hydrolysis) is 1. The third-order valence-electron chi connectivity index (χ3n) is 4.27. The van der Waals surface area contributed by atoms with Gasteiger partial charge in [0.25, 0.3) is 12.0 Å². The van der Waals surface area contributed by atoms with Crippen molar-refractivity contribution in [2.24, 2.45) is 0 Å². The molecule has 0 aliphatic carbocycles. The Morgan fingerprint density at radius 3 is 2.47 bits per heavy atom. The van der Waals surface area contributed by atoms with E-state index in [0.29, 0.717) is 5.69 Å². The number of carbonyl (C=O) groups is 1. The molecule has 0 radical (unpaired) electrons. The van der Waals surface area contributed by atoms with Gasteiger partial charge in [0.2, 0.25) is 0 Å². The average Bonchev–Trinajstić information content (AvgIpc) is 2.67. The monoisotopic (exact) mass is 415 g/mol. The van der Waals surface area contributed by atoms with E-state index < -0.39 is 23.7 Å². The number of hydrogen-bond donors (Lipinski definition) is 1. The Kier molecular flexibility index (Phi) is 6.14. The average molecular weight is 415 g/mol. The van der Waals surface area contributed by atoms with E-state index in [4.69, 9.17) is 4.74 Å². The second-order valence-corrected chi connectivity index (χ2v) is 7.73. The Bertz CT molecular complexity index is 1110. The van der Waals surface area contributed by atoms with Crippen molar-refractivity contribution in [1.82, 2.24) is 14.9 Å². The van der Waals surface area contributed by atoms with E-state index in [1.165, 1.54) is 22.8 Å². The third kappa shape index (κ3) is 4.82. The third-order valence-corrected chi connectivity index (χ3v) is 4.27. The second-order valence-electron chi connectivity index (χ2n) is 7.73. The summed E-state index contributed by atoms with van der Waals surface area (Å²) in [7, 11) is 0. The normalized spacial score (nSPS) is 11.7. The molecule has 3 rings (SSSR count). The SMILES string of the molecule is CC(C)(C)OC(=O)NCCc1nc2c(C(F)F)cccc2c(=O)n1-c1ccccc1. The zero-order valence-electron chi connectivity index (χ0n) is 17.0. The first-order valence-electron chi connectivity index (χ1n) is 9.52. The maximum Gasteiger partial charge on any atom is 0.407 e. The van der Waals surface area contributed by atoms with Crippen molar-refractivity contribution in [3.63, 3.8) is 0 Å². The fraction of sp³-hybridized carbons (Fsp3) is 0.318. The molecule has 2 aromatic carbocycles. The van der Waals surface area contributed by atoms with Crippen molar-refractivity contribution in [3.8, 4) is 5.69 Å². The first-order chi connectivity index (χ1) is 14.2. The van der Waals surface area contributed by atoms with E-state index in [2.05, 4.69) is 10.3 Å². The number of nitrogens with zero attached hydrogens (tertiary/aromatic N) is 2. The zero-order valence-corrected chi connectivity index (χ0v) is 17.0. The Morgan fingerprint density at radius 1 is 1.13 bits per heavy atom. The summed E-state index contributed by atoms with van der Waals surface area (Å²) >= 11 is 0. The fourth-order valence-corrected chi connectivity index (χ4v) is 3.05. The van der Waals surface area contributed by atoms with Gasteiger partial charge in [-0.05, 0) is 39.0 Å². The summed E-state index contributed by atoms with van der Waals surface area (Å²) < 4.78 is 33.5. The lowest BCUT2D eigenvalue weighted by Crippen LogP contribution is -2.34. The van der Waals surface area contributed by atoms with Crippen LogP contribution in [0, 0.1) is 0 Å². The molecule has 0 saturated heterocycles. The van der Waals surface area contributed by atoms with Gasteiger partial charge in [-0.25, -0.2) is 18.6 Å². The molecule has 1 amide bonds. The van der Waals surface area contributed by atoms with Crippen LogP contribution in [-0.4, -0.2) is 27.8 Å². The van der Waals surface area contributed by atoms with Crippen LogP contribution in [-0.2, 0) is 11.2 Å². The number of fused-ring (bicyclic) bond motifs is 1. The Balaban J connectivity index is 2.03. The van der Waals surface area contributed by atoms with E-state index in [9.17, 15) is 18.4 Å². The van der Waals surface area contributed by atoms with Crippen LogP contribution < -0.4 is 10.9 Å². The summed E-state index contributed by atoms with van der Waals surface area (Å²) in [6, 6.07) is 13.0. The van der Waals surface area contributed by atoms with Gasteiger partial charge in [0, 0.05) is 18.5 Å². The highest BCUT2D eigenvalue weighted by molar-refractivity contribution is 5.81. The lowest BCUT2D eigenvalue weighted by atomic mass is 10.1. The molecule has 0 bridgehead atoms. The largest absolute Gasteiger partial charge is 0.444 e. The number of aromatic nitrogens is 2. The van der Waals surface area contributed by atoms with Crippen LogP contribution >= 0.6 is 0 Å². The van der Waals surface area contributed by atoms with Crippen molar-refractivity contribution < 1.29 is 18.3 Å². The summed E-state index contributed by atoms with van der Waals surface area (Å²) in [5.41, 5.74) is -0.862. The number of rotatable bonds is 5. The van der Waals surface area contributed by atoms with Crippen molar-refractivity contribution in [2.75, 3.05) is 6.54 Å². The minimum Gasteiger partial charge on any atom is -0.444 e. The van der Waals surface area contributed by atoms with Crippen molar-refractivity contribution >= 4 is 17.0 Å². The molecule has 0 unspecified atom stereocenters. The van der Waals surface area contributed by atoms with Gasteiger partial charge in [-0.1, -0.05) is 30.3 Å². The molecule has 8 heteroatoms. The van der Waals surface area contributed by atoms with E-state index in [-0.39, 0.29) is 35.3 Å². The van der Waals surface area contributed by atoms with Crippen LogP contribution in [0.2, 0.25) is 0 Å². The molecule has 0 atom stereocenters. The summed E-state index contributed by atoms with van der Waals surface area (Å²) in [4.78, 5) is 29.5. The van der Waals surface area contributed by atoms with Crippen molar-refractivity contribution in [3.05, 3.63) is 70.3 Å². The van der Waals surface area contributed by atoms with Crippen LogP contribution in [0.25, 0.3) is 16.6 Å². The summed E-state index contributed by atoms with van der Waals surface area (Å²) in [6.45, 7) is 5.36. The van der Waals surface area contributed by atoms with Crippen molar-refractivity contribution in [2.45, 2.75) is 39.2 Å². The van der Waals surface area contributed by atoms with E-state index in [1.807, 2.05) is 6.07 Å². The summed E-state index contributed by atoms with van der Waals surface area (Å²) in [5, 5.41) is 2.72. The van der Waals surface area contributed by atoms with Gasteiger partial charge in [0.05, 0.1) is 16.6 Å². The molecule has 1 aromatic heterocycles. The zero-order chi connectivity index (χ0) is 21.9. The molecule has 0 aliphatic heterocycles. The minimum absolute atomic E-state index is 0.0306. The Morgan fingerprint density at radius 2 is 1.83 bits per heavy atom. The summed E-state index contributed by atoms with van der Waals surface area (Å²) in [5.74, 6) is 0.267. The highest BCUT2D eigenvalue weighted by atomic mass is 19.3. The van der Waals surface area contributed by atoms with E-state index in [0.717, 1.165) is 0 Å². The topological polar surface area (TPSA) is 73.2 Å². The predicted molar refractivity (Wildman–Crippen MR) is 110 cm³/mol. The van der Waals surface area contributed by atoms with Crippen LogP contribution in [0.1, 0.15) is 38.6 Å². The predicted octanol–water partition coefficient (Wildman–Crippen LogP) is 4.39. The molecule has 0 aliphatic rings. The van der Waals surface area contributed by atoms with Gasteiger partial charge in [0.1, 0.15) is 11.4 Å². The second kappa shape index (κ2) is 8.61. The molecule has 6 nitrogen and oxygen atoms in total. The minimum atomic E-state index is -2.76. The van der Waals surface area contributed by atoms with E-state index >= 15 is 0 Å². The number of alkyl halides is 2. The van der Waals surface area contributed by atoms with Gasteiger partial charge in [-0.3, -0.25) is 9.36 Å². The fourth-order valence-electron chi connectivity index (χ4n) is 3.05. The maximum absolute atomic E-state index is 13.5. The molecule has 0 saturated carbocycles. The van der Waals surface area contributed by atoms with Crippen molar-refractivity contribution in [1.29, 1.82) is 0 Å². The maximum atomic E-state index is 13.5. The van der Waals surface area contributed by atoms with Gasteiger partial charge in [-0.15, -0.1) is 0 Å². The smallest absolute Gasteiger partial charge is 0.407 e. The molecular weight excluding hydrogens is 392 g/mol. The highest BCUT2D eigenvalue weighted by Crippen LogP contribution is 2.25. The molecule has 1 heterocycles. The number of carbonyl (C=O) groups excluding carboxylic acids is 1. The first kappa shape index (κ1) is 21.4. The van der Waals surface area contributed by atoms with Gasteiger partial charge in [-0.2, -0.15) is 0 Å². The molecule has 0 fully saturated rings. The van der Waals surface area contributed by atoms with Gasteiger partial charge in [0.15, 0.2) is 0 Å². The molecule has 30 heavy (non-hydrogen) atoms. The van der Waals surface area contributed by atoms with Crippen LogP contribution in [0.4, 0.5) is 13.6 Å². The number of nitrogens with one attached hydrogen (secondary N) is 1. The number of hydrogen-bond acceptors (Lipinski definition) is 4. The number of para-hydroxylation sites is 2.